The van der Waals surface area contributed by atoms with E-state index in [0.29, 0.717) is 24.7 Å². The summed E-state index contributed by atoms with van der Waals surface area (Å²) in [6.07, 6.45) is -3.31. The van der Waals surface area contributed by atoms with Crippen LogP contribution in [-0.2, 0) is 20.5 Å². The molecule has 0 aliphatic carbocycles. The highest BCUT2D eigenvalue weighted by Crippen LogP contribution is 2.30. The van der Waals surface area contributed by atoms with Gasteiger partial charge in [0.25, 0.3) is 0 Å². The maximum Gasteiger partial charge on any atom is 0.416 e. The molecule has 0 unspecified atom stereocenters. The van der Waals surface area contributed by atoms with E-state index in [1.807, 2.05) is 26.0 Å². The maximum absolute atomic E-state index is 12.6. The van der Waals surface area contributed by atoms with Gasteiger partial charge in [0, 0.05) is 17.3 Å². The number of aryl methyl sites for hydroxylation is 1. The quantitative estimate of drug-likeness (QED) is 0.386. The lowest BCUT2D eigenvalue weighted by molar-refractivity contribution is -0.191. The van der Waals surface area contributed by atoms with Gasteiger partial charge < -0.3 is 14.2 Å². The minimum Gasteiger partial charge on any atom is -0.493 e. The first-order valence-electron chi connectivity index (χ1n) is 10.0. The van der Waals surface area contributed by atoms with Gasteiger partial charge in [-0.1, -0.05) is 6.92 Å². The molecule has 32 heavy (non-hydrogen) atoms. The summed E-state index contributed by atoms with van der Waals surface area (Å²) in [6.45, 7) is 7.48. The second-order valence-corrected chi connectivity index (χ2v) is 7.67. The summed E-state index contributed by atoms with van der Waals surface area (Å²) in [6, 6.07) is 10.8. The van der Waals surface area contributed by atoms with Crippen molar-refractivity contribution in [3.05, 3.63) is 53.6 Å². The Bertz CT molecular complexity index is 835. The van der Waals surface area contributed by atoms with Crippen molar-refractivity contribution in [3.8, 4) is 11.5 Å². The van der Waals surface area contributed by atoms with Crippen LogP contribution in [0.4, 0.5) is 13.2 Å². The number of carbonyl (C=O) groups excluding carboxylic acids is 2. The number of rotatable bonds is 11. The average Bonchev–Trinajstić information content (AvgIpc) is 2.75. The fourth-order valence-electron chi connectivity index (χ4n) is 2.58. The SMILES string of the molecule is CCCOc1ccc(SC[C@H](COc2ccc(C(F)(F)F)cc2)OCC)cc1C.O=C=O. The lowest BCUT2D eigenvalue weighted by Crippen LogP contribution is -2.24. The summed E-state index contributed by atoms with van der Waals surface area (Å²) in [5.74, 6) is 1.95. The van der Waals surface area contributed by atoms with E-state index in [9.17, 15) is 13.2 Å². The topological polar surface area (TPSA) is 61.8 Å². The van der Waals surface area contributed by atoms with Gasteiger partial charge in [0.15, 0.2) is 0 Å². The predicted octanol–water partition coefficient (Wildman–Crippen LogP) is 5.80. The predicted molar refractivity (Wildman–Crippen MR) is 115 cm³/mol. The van der Waals surface area contributed by atoms with Crippen LogP contribution in [0.25, 0.3) is 0 Å². The van der Waals surface area contributed by atoms with Gasteiger partial charge in [-0.25, -0.2) is 0 Å². The fourth-order valence-corrected chi connectivity index (χ4v) is 3.58. The molecule has 0 aliphatic heterocycles. The van der Waals surface area contributed by atoms with Crippen molar-refractivity contribution >= 4 is 17.9 Å². The van der Waals surface area contributed by atoms with E-state index in [0.717, 1.165) is 34.8 Å². The molecule has 5 nitrogen and oxygen atoms in total. The van der Waals surface area contributed by atoms with E-state index < -0.39 is 11.7 Å². The molecular formula is C23H27F3O5S. The molecular weight excluding hydrogens is 445 g/mol. The number of thioether (sulfide) groups is 1. The largest absolute Gasteiger partial charge is 0.493 e. The number of benzene rings is 2. The molecule has 0 fully saturated rings. The molecule has 0 N–H and O–H groups in total. The number of alkyl halides is 3. The standard InChI is InChI=1S/C22H27F3O3S.CO2/c1-4-12-27-21-11-10-20(13-16(21)3)29-15-19(26-5-2)14-28-18-8-6-17(7-9-18)22(23,24)25;2-1-3/h6-11,13,19H,4-5,12,14-15H2,1-3H3;/t19-;/m0./s1. The molecule has 2 aromatic carbocycles. The van der Waals surface area contributed by atoms with Gasteiger partial charge in [-0.3, -0.25) is 0 Å². The van der Waals surface area contributed by atoms with Crippen LogP contribution < -0.4 is 9.47 Å². The molecule has 0 saturated heterocycles. The van der Waals surface area contributed by atoms with Crippen LogP contribution in [0.1, 0.15) is 31.4 Å². The van der Waals surface area contributed by atoms with Crippen LogP contribution in [0.2, 0.25) is 0 Å². The summed E-state index contributed by atoms with van der Waals surface area (Å²) >= 11 is 1.65. The van der Waals surface area contributed by atoms with E-state index in [1.165, 1.54) is 12.1 Å². The molecule has 0 saturated carbocycles. The first-order valence-corrected chi connectivity index (χ1v) is 11.0. The van der Waals surface area contributed by atoms with Crippen LogP contribution in [0.15, 0.2) is 47.4 Å². The highest BCUT2D eigenvalue weighted by atomic mass is 32.2. The van der Waals surface area contributed by atoms with Gasteiger partial charge in [0.05, 0.1) is 12.2 Å². The molecule has 2 rings (SSSR count). The first-order chi connectivity index (χ1) is 15.2. The molecule has 1 atom stereocenters. The van der Waals surface area contributed by atoms with Crippen LogP contribution in [-0.4, -0.2) is 37.8 Å². The Morgan fingerprint density at radius 1 is 1.03 bits per heavy atom. The molecule has 176 valence electrons. The minimum atomic E-state index is -4.35. The van der Waals surface area contributed by atoms with E-state index in [2.05, 4.69) is 13.0 Å². The van der Waals surface area contributed by atoms with Gasteiger partial charge >= 0.3 is 12.3 Å². The summed E-state index contributed by atoms with van der Waals surface area (Å²) in [7, 11) is 0. The minimum absolute atomic E-state index is 0.177. The number of ether oxygens (including phenoxy) is 3. The fraction of sp³-hybridized carbons (Fsp3) is 0.435. The highest BCUT2D eigenvalue weighted by molar-refractivity contribution is 7.99. The molecule has 0 aromatic heterocycles. The highest BCUT2D eigenvalue weighted by Gasteiger charge is 2.30. The van der Waals surface area contributed by atoms with Crippen LogP contribution in [0, 0.1) is 6.92 Å². The summed E-state index contributed by atoms with van der Waals surface area (Å²) in [4.78, 5) is 17.4. The molecule has 0 amide bonds. The summed E-state index contributed by atoms with van der Waals surface area (Å²) < 4.78 is 55.0. The van der Waals surface area contributed by atoms with Crippen molar-refractivity contribution in [2.45, 2.75) is 44.4 Å². The average molecular weight is 473 g/mol. The van der Waals surface area contributed by atoms with Crippen LogP contribution in [0.3, 0.4) is 0 Å². The molecule has 9 heteroatoms. The van der Waals surface area contributed by atoms with Crippen molar-refractivity contribution in [1.82, 2.24) is 0 Å². The monoisotopic (exact) mass is 472 g/mol. The zero-order chi connectivity index (χ0) is 24.0. The van der Waals surface area contributed by atoms with Crippen LogP contribution >= 0.6 is 11.8 Å². The van der Waals surface area contributed by atoms with Crippen molar-refractivity contribution in [2.75, 3.05) is 25.6 Å². The Labute approximate surface area is 190 Å². The Kier molecular flexibility index (Phi) is 12.5. The van der Waals surface area contributed by atoms with Crippen molar-refractivity contribution in [1.29, 1.82) is 0 Å². The molecule has 2 aromatic rings. The summed E-state index contributed by atoms with van der Waals surface area (Å²) in [5, 5.41) is 0. The van der Waals surface area contributed by atoms with E-state index in [-0.39, 0.29) is 18.9 Å². The molecule has 0 aliphatic rings. The van der Waals surface area contributed by atoms with E-state index in [4.69, 9.17) is 23.8 Å². The van der Waals surface area contributed by atoms with E-state index >= 15 is 0 Å². The first kappa shape index (κ1) is 27.6. The van der Waals surface area contributed by atoms with Crippen molar-refractivity contribution < 1.29 is 37.0 Å². The Morgan fingerprint density at radius 2 is 1.69 bits per heavy atom. The smallest absolute Gasteiger partial charge is 0.416 e. The zero-order valence-corrected chi connectivity index (χ0v) is 19.1. The third-order valence-corrected chi connectivity index (χ3v) is 5.19. The zero-order valence-electron chi connectivity index (χ0n) is 18.2. The van der Waals surface area contributed by atoms with E-state index in [1.54, 1.807) is 11.8 Å². The van der Waals surface area contributed by atoms with Gasteiger partial charge in [0.2, 0.25) is 0 Å². The molecule has 0 heterocycles. The molecule has 0 bridgehead atoms. The number of hydrogen-bond acceptors (Lipinski definition) is 6. The third kappa shape index (κ3) is 10.2. The molecule has 0 spiro atoms. The van der Waals surface area contributed by atoms with Gasteiger partial charge in [-0.15, -0.1) is 11.8 Å². The van der Waals surface area contributed by atoms with Gasteiger partial charge in [-0.2, -0.15) is 22.8 Å². The van der Waals surface area contributed by atoms with Crippen LogP contribution in [0.5, 0.6) is 11.5 Å². The second-order valence-electron chi connectivity index (χ2n) is 6.58. The number of halogens is 3. The Balaban J connectivity index is 0.00000161. The normalized spacial score (nSPS) is 11.7. The lowest BCUT2D eigenvalue weighted by atomic mass is 10.2. The second kappa shape index (κ2) is 14.6. The van der Waals surface area contributed by atoms with Crippen molar-refractivity contribution in [2.24, 2.45) is 0 Å². The van der Waals surface area contributed by atoms with Gasteiger partial charge in [0.1, 0.15) is 24.2 Å². The summed E-state index contributed by atoms with van der Waals surface area (Å²) in [5.41, 5.74) is 0.390. The maximum atomic E-state index is 12.6. The Morgan fingerprint density at radius 3 is 2.22 bits per heavy atom. The van der Waals surface area contributed by atoms with Crippen molar-refractivity contribution in [3.63, 3.8) is 0 Å². The third-order valence-electron chi connectivity index (χ3n) is 4.06. The lowest BCUT2D eigenvalue weighted by Gasteiger charge is -2.18. The van der Waals surface area contributed by atoms with Gasteiger partial charge in [-0.05, 0) is 68.3 Å². The number of hydrogen-bond donors (Lipinski definition) is 0. The Hall–Kier alpha value is -2.48. The molecule has 0 radical (unpaired) electrons.